The number of nitrogen functional groups attached to an aromatic ring is 1. The van der Waals surface area contributed by atoms with Crippen LogP contribution < -0.4 is 11.1 Å². The number of rotatable bonds is 1. The Labute approximate surface area is 140 Å². The van der Waals surface area contributed by atoms with Gasteiger partial charge in [0.25, 0.3) is 0 Å². The third-order valence-electron chi connectivity index (χ3n) is 4.37. The van der Waals surface area contributed by atoms with E-state index >= 15 is 0 Å². The lowest BCUT2D eigenvalue weighted by Crippen LogP contribution is -2.18. The molecule has 0 spiro atoms. The Bertz CT molecular complexity index is 1090. The molecule has 0 aromatic heterocycles. The summed E-state index contributed by atoms with van der Waals surface area (Å²) in [6.45, 7) is 3.96. The van der Waals surface area contributed by atoms with Crippen LogP contribution in [0.2, 0.25) is 0 Å². The first-order valence-corrected chi connectivity index (χ1v) is 7.88. The molecule has 2 aromatic carbocycles. The molecule has 4 heteroatoms. The van der Waals surface area contributed by atoms with Crippen molar-refractivity contribution in [3.63, 3.8) is 0 Å². The number of benzene rings is 3. The molecule has 3 N–H and O–H groups in total. The van der Waals surface area contributed by atoms with Gasteiger partial charge in [0.2, 0.25) is 0 Å². The molecule has 1 heterocycles. The number of hydrogen-bond acceptors (Lipinski definition) is 3. The molecule has 118 valence electrons. The van der Waals surface area contributed by atoms with Crippen LogP contribution in [-0.2, 0) is 0 Å². The summed E-state index contributed by atoms with van der Waals surface area (Å²) in [7, 11) is 0. The van der Waals surface area contributed by atoms with Crippen LogP contribution in [0.3, 0.4) is 0 Å². The Morgan fingerprint density at radius 2 is 1.75 bits per heavy atom. The van der Waals surface area contributed by atoms with Crippen molar-refractivity contribution in [1.82, 2.24) is 9.55 Å². The van der Waals surface area contributed by atoms with Crippen molar-refractivity contribution in [2.45, 2.75) is 13.8 Å². The van der Waals surface area contributed by atoms with Crippen molar-refractivity contribution in [3.05, 3.63) is 71.1 Å². The molecule has 0 radical (unpaired) electrons. The summed E-state index contributed by atoms with van der Waals surface area (Å²) in [4.78, 5) is 4.80. The van der Waals surface area contributed by atoms with E-state index in [0.29, 0.717) is 11.0 Å². The number of nitrogens with one attached hydrogen (secondary N) is 1. The third kappa shape index (κ3) is 2.07. The summed E-state index contributed by atoms with van der Waals surface area (Å²) in [6, 6.07) is 18.2. The number of hydrogen-bond donors (Lipinski definition) is 2. The Balaban J connectivity index is 2.28. The fraction of sp³-hybridized carbons (Fsp3) is 0.100. The molecule has 0 unspecified atom stereocenters. The van der Waals surface area contributed by atoms with Gasteiger partial charge in [-0.1, -0.05) is 24.3 Å². The van der Waals surface area contributed by atoms with E-state index in [1.807, 2.05) is 43.3 Å². The van der Waals surface area contributed by atoms with Crippen LogP contribution in [0.5, 0.6) is 0 Å². The van der Waals surface area contributed by atoms with Gasteiger partial charge in [0, 0.05) is 5.69 Å². The second-order valence-electron chi connectivity index (χ2n) is 6.12. The van der Waals surface area contributed by atoms with Crippen LogP contribution in [-0.4, -0.2) is 9.55 Å². The summed E-state index contributed by atoms with van der Waals surface area (Å²) in [5.74, 6) is 0. The molecule has 0 amide bonds. The van der Waals surface area contributed by atoms with E-state index in [1.165, 1.54) is 0 Å². The number of anilines is 1. The normalized spacial score (nSPS) is 11.2. The molecule has 4 nitrogen and oxygen atoms in total. The number of aromatic nitrogens is 2. The highest BCUT2D eigenvalue weighted by atomic mass is 15.0. The minimum absolute atomic E-state index is 0.362. The predicted octanol–water partition coefficient (Wildman–Crippen LogP) is 3.81. The molecule has 0 saturated carbocycles. The monoisotopic (exact) mass is 314 g/mol. The molecule has 0 saturated heterocycles. The fourth-order valence-electron chi connectivity index (χ4n) is 3.14. The van der Waals surface area contributed by atoms with Crippen LogP contribution in [0.25, 0.3) is 28.1 Å². The average molecular weight is 314 g/mol. The molecule has 2 aromatic rings. The molecule has 0 atom stereocenters. The lowest BCUT2D eigenvalue weighted by atomic mass is 10.1. The van der Waals surface area contributed by atoms with E-state index in [1.54, 1.807) is 0 Å². The number of para-hydroxylation sites is 1. The molecule has 2 aliphatic rings. The van der Waals surface area contributed by atoms with Crippen molar-refractivity contribution < 1.29 is 0 Å². The summed E-state index contributed by atoms with van der Waals surface area (Å²) in [6.07, 6.45) is 0. The van der Waals surface area contributed by atoms with Gasteiger partial charge >= 0.3 is 0 Å². The van der Waals surface area contributed by atoms with Crippen LogP contribution in [0.1, 0.15) is 11.1 Å². The zero-order chi connectivity index (χ0) is 16.8. The standard InChI is InChI=1S/C20H18N4/c1-12-8-9-17-15(10-12)23-16-11-13(2)18(21)19(22)20(16)24(17)14-6-4-3-5-7-14/h3-11,21H,22H2,1-2H3. The first-order valence-electron chi connectivity index (χ1n) is 7.88. The van der Waals surface area contributed by atoms with Gasteiger partial charge in [-0.25, -0.2) is 4.98 Å². The molecule has 1 aliphatic carbocycles. The molecular weight excluding hydrogens is 296 g/mol. The maximum Gasteiger partial charge on any atom is 0.0974 e. The predicted molar refractivity (Wildman–Crippen MR) is 97.4 cm³/mol. The van der Waals surface area contributed by atoms with Gasteiger partial charge in [0.15, 0.2) is 0 Å². The van der Waals surface area contributed by atoms with Crippen LogP contribution in [0.15, 0.2) is 54.6 Å². The first-order chi connectivity index (χ1) is 11.6. The smallest absolute Gasteiger partial charge is 0.0974 e. The topological polar surface area (TPSA) is 67.7 Å². The molecule has 1 aliphatic heterocycles. The SMILES string of the molecule is Cc1ccc2c(c1)nc1cc(C)c(=N)c(N)c-1n2-c1ccccc1. The van der Waals surface area contributed by atoms with Gasteiger partial charge < -0.3 is 10.3 Å². The second-order valence-corrected chi connectivity index (χ2v) is 6.12. The van der Waals surface area contributed by atoms with Gasteiger partial charge in [0.1, 0.15) is 0 Å². The zero-order valence-corrected chi connectivity index (χ0v) is 13.7. The summed E-state index contributed by atoms with van der Waals surface area (Å²) < 4.78 is 2.10. The van der Waals surface area contributed by atoms with Crippen LogP contribution in [0.4, 0.5) is 5.69 Å². The van der Waals surface area contributed by atoms with E-state index in [-0.39, 0.29) is 0 Å². The van der Waals surface area contributed by atoms with Gasteiger partial charge in [-0.3, -0.25) is 5.41 Å². The Kier molecular flexibility index (Phi) is 3.13. The minimum Gasteiger partial charge on any atom is -0.395 e. The highest BCUT2D eigenvalue weighted by Crippen LogP contribution is 2.32. The lowest BCUT2D eigenvalue weighted by Gasteiger charge is -2.21. The van der Waals surface area contributed by atoms with E-state index in [2.05, 4.69) is 29.7 Å². The van der Waals surface area contributed by atoms with Crippen LogP contribution >= 0.6 is 0 Å². The molecule has 4 rings (SSSR count). The van der Waals surface area contributed by atoms with Gasteiger partial charge in [-0.05, 0) is 55.3 Å². The lowest BCUT2D eigenvalue weighted by molar-refractivity contribution is 1.06. The molecular formula is C20H18N4. The molecule has 24 heavy (non-hydrogen) atoms. The maximum atomic E-state index is 8.26. The number of nitrogens with two attached hydrogens (primary N) is 1. The largest absolute Gasteiger partial charge is 0.395 e. The van der Waals surface area contributed by atoms with Gasteiger partial charge in [-0.15, -0.1) is 0 Å². The molecule has 0 fully saturated rings. The average Bonchev–Trinajstić information content (AvgIpc) is 2.58. The summed E-state index contributed by atoms with van der Waals surface area (Å²) >= 11 is 0. The number of aryl methyl sites for hydroxylation is 2. The number of fused-ring (bicyclic) bond motifs is 2. The Hall–Kier alpha value is -3.14. The van der Waals surface area contributed by atoms with E-state index < -0.39 is 0 Å². The van der Waals surface area contributed by atoms with Crippen molar-refractivity contribution in [2.75, 3.05) is 5.73 Å². The molecule has 0 bridgehead atoms. The third-order valence-corrected chi connectivity index (χ3v) is 4.37. The first kappa shape index (κ1) is 14.5. The fourth-order valence-corrected chi connectivity index (χ4v) is 3.14. The number of nitrogens with zero attached hydrogens (tertiary/aromatic N) is 2. The zero-order valence-electron chi connectivity index (χ0n) is 13.7. The van der Waals surface area contributed by atoms with Crippen molar-refractivity contribution in [3.8, 4) is 17.1 Å². The van der Waals surface area contributed by atoms with Crippen molar-refractivity contribution >= 4 is 16.7 Å². The van der Waals surface area contributed by atoms with Crippen molar-refractivity contribution in [1.29, 1.82) is 5.41 Å². The maximum absolute atomic E-state index is 8.26. The van der Waals surface area contributed by atoms with Crippen LogP contribution in [0, 0.1) is 19.3 Å². The summed E-state index contributed by atoms with van der Waals surface area (Å²) in [5.41, 5.74) is 13.3. The van der Waals surface area contributed by atoms with E-state index in [9.17, 15) is 0 Å². The Morgan fingerprint density at radius 3 is 2.50 bits per heavy atom. The second kappa shape index (κ2) is 5.20. The highest BCUT2D eigenvalue weighted by molar-refractivity contribution is 5.87. The summed E-state index contributed by atoms with van der Waals surface area (Å²) in [5, 5.41) is 8.62. The quantitative estimate of drug-likeness (QED) is 0.414. The minimum atomic E-state index is 0.362. The highest BCUT2D eigenvalue weighted by Gasteiger charge is 2.19. The van der Waals surface area contributed by atoms with Crippen molar-refractivity contribution in [2.24, 2.45) is 0 Å². The van der Waals surface area contributed by atoms with Gasteiger partial charge in [0.05, 0.1) is 33.5 Å². The Morgan fingerprint density at radius 1 is 1.00 bits per heavy atom. The van der Waals surface area contributed by atoms with E-state index in [0.717, 1.165) is 39.2 Å². The van der Waals surface area contributed by atoms with E-state index in [4.69, 9.17) is 16.1 Å². The van der Waals surface area contributed by atoms with Gasteiger partial charge in [-0.2, -0.15) is 0 Å².